The third kappa shape index (κ3) is 1.81. The summed E-state index contributed by atoms with van der Waals surface area (Å²) in [6, 6.07) is 6.92. The third-order valence-corrected chi connectivity index (χ3v) is 2.39. The van der Waals surface area contributed by atoms with Gasteiger partial charge >= 0.3 is 0 Å². The average Bonchev–Trinajstić information content (AvgIpc) is 2.77. The number of hydrogen-bond donors (Lipinski definition) is 0. The normalized spacial score (nSPS) is 9.75. The smallest absolute Gasteiger partial charge is 0.153 e. The topological polar surface area (TPSA) is 58.7 Å². The molecule has 0 radical (unpaired) electrons. The molecule has 0 bridgehead atoms. The summed E-state index contributed by atoms with van der Waals surface area (Å²) in [5, 5.41) is 13.1. The van der Waals surface area contributed by atoms with Crippen LogP contribution in [0.3, 0.4) is 0 Å². The van der Waals surface area contributed by atoms with Crippen molar-refractivity contribution in [2.75, 3.05) is 0 Å². The highest BCUT2D eigenvalue weighted by molar-refractivity contribution is 6.31. The molecule has 0 aliphatic rings. The monoisotopic (exact) mass is 231 g/mol. The molecule has 16 heavy (non-hydrogen) atoms. The second-order valence-corrected chi connectivity index (χ2v) is 3.52. The second kappa shape index (κ2) is 4.17. The summed E-state index contributed by atoms with van der Waals surface area (Å²) in [6.07, 6.45) is 3.76. The molecule has 0 spiro atoms. The van der Waals surface area contributed by atoms with E-state index in [0.29, 0.717) is 21.8 Å². The lowest BCUT2D eigenvalue weighted by Crippen LogP contribution is -1.94. The number of rotatable bonds is 2. The fraction of sp³-hybridized carbons (Fsp3) is 0. The van der Waals surface area contributed by atoms with Crippen LogP contribution >= 0.6 is 11.6 Å². The number of carbonyl (C=O) groups excluding carboxylic acids is 1. The number of hydrogen-bond acceptors (Lipinski definition) is 3. The highest BCUT2D eigenvalue weighted by Gasteiger charge is 2.04. The Kier molecular flexibility index (Phi) is 2.71. The Bertz CT molecular complexity index is 583. The summed E-state index contributed by atoms with van der Waals surface area (Å²) >= 11 is 5.89. The standard InChI is InChI=1S/C11H6ClN3O/c12-11-3-10(2-1-9(11)4-13)15-6-8(7-16)5-14-15/h1-3,5-7H. The van der Waals surface area contributed by atoms with Gasteiger partial charge in [-0.15, -0.1) is 0 Å². The number of nitriles is 1. The van der Waals surface area contributed by atoms with Gasteiger partial charge in [0.2, 0.25) is 0 Å². The van der Waals surface area contributed by atoms with Crippen molar-refractivity contribution in [3.8, 4) is 11.8 Å². The Balaban J connectivity index is 2.45. The Labute approximate surface area is 96.7 Å². The van der Waals surface area contributed by atoms with Crippen LogP contribution in [-0.4, -0.2) is 16.1 Å². The maximum Gasteiger partial charge on any atom is 0.153 e. The predicted molar refractivity (Wildman–Crippen MR) is 58.7 cm³/mol. The maximum atomic E-state index is 10.5. The van der Waals surface area contributed by atoms with Gasteiger partial charge in [0.1, 0.15) is 6.07 Å². The lowest BCUT2D eigenvalue weighted by molar-refractivity contribution is 0.112. The molecular formula is C11H6ClN3O. The van der Waals surface area contributed by atoms with Gasteiger partial charge < -0.3 is 0 Å². The van der Waals surface area contributed by atoms with Gasteiger partial charge in [-0.2, -0.15) is 10.4 Å². The van der Waals surface area contributed by atoms with Crippen molar-refractivity contribution in [2.24, 2.45) is 0 Å². The van der Waals surface area contributed by atoms with Crippen LogP contribution in [0.4, 0.5) is 0 Å². The minimum atomic E-state index is 0.364. The van der Waals surface area contributed by atoms with Crippen molar-refractivity contribution >= 4 is 17.9 Å². The molecule has 2 rings (SSSR count). The van der Waals surface area contributed by atoms with Crippen LogP contribution in [0.25, 0.3) is 5.69 Å². The zero-order chi connectivity index (χ0) is 11.5. The number of benzene rings is 1. The van der Waals surface area contributed by atoms with Crippen molar-refractivity contribution in [3.05, 3.63) is 46.7 Å². The molecule has 0 amide bonds. The van der Waals surface area contributed by atoms with E-state index in [0.717, 1.165) is 6.29 Å². The van der Waals surface area contributed by atoms with Gasteiger partial charge in [-0.1, -0.05) is 11.6 Å². The van der Waals surface area contributed by atoms with E-state index in [2.05, 4.69) is 5.10 Å². The zero-order valence-corrected chi connectivity index (χ0v) is 8.85. The van der Waals surface area contributed by atoms with Crippen molar-refractivity contribution in [2.45, 2.75) is 0 Å². The fourth-order valence-corrected chi connectivity index (χ4v) is 1.49. The van der Waals surface area contributed by atoms with E-state index < -0.39 is 0 Å². The molecule has 0 aliphatic carbocycles. The fourth-order valence-electron chi connectivity index (χ4n) is 1.28. The van der Waals surface area contributed by atoms with Gasteiger partial charge in [-0.25, -0.2) is 4.68 Å². The summed E-state index contributed by atoms with van der Waals surface area (Å²) in [5.41, 5.74) is 1.60. The molecule has 0 unspecified atom stereocenters. The number of carbonyl (C=O) groups is 1. The van der Waals surface area contributed by atoms with Gasteiger partial charge in [-0.3, -0.25) is 4.79 Å². The van der Waals surface area contributed by atoms with Gasteiger partial charge in [-0.05, 0) is 18.2 Å². The van der Waals surface area contributed by atoms with Crippen molar-refractivity contribution in [1.82, 2.24) is 9.78 Å². The molecule has 0 saturated carbocycles. The summed E-state index contributed by atoms with van der Waals surface area (Å²) in [6.45, 7) is 0. The largest absolute Gasteiger partial charge is 0.298 e. The maximum absolute atomic E-state index is 10.5. The summed E-state index contributed by atoms with van der Waals surface area (Å²) in [4.78, 5) is 10.5. The number of aldehydes is 1. The lowest BCUT2D eigenvalue weighted by Gasteiger charge is -2.02. The van der Waals surface area contributed by atoms with E-state index in [1.807, 2.05) is 6.07 Å². The molecule has 0 fully saturated rings. The van der Waals surface area contributed by atoms with Gasteiger partial charge in [0.15, 0.2) is 6.29 Å². The van der Waals surface area contributed by atoms with Crippen LogP contribution in [0.2, 0.25) is 5.02 Å². The highest BCUT2D eigenvalue weighted by atomic mass is 35.5. The van der Waals surface area contributed by atoms with Gasteiger partial charge in [0.05, 0.1) is 28.0 Å². The van der Waals surface area contributed by atoms with Crippen LogP contribution in [0.15, 0.2) is 30.6 Å². The molecule has 0 atom stereocenters. The van der Waals surface area contributed by atoms with E-state index in [-0.39, 0.29) is 0 Å². The third-order valence-electron chi connectivity index (χ3n) is 2.08. The van der Waals surface area contributed by atoms with E-state index in [4.69, 9.17) is 16.9 Å². The predicted octanol–water partition coefficient (Wildman–Crippen LogP) is 2.21. The molecular weight excluding hydrogens is 226 g/mol. The molecule has 1 heterocycles. The second-order valence-electron chi connectivity index (χ2n) is 3.11. The van der Waals surface area contributed by atoms with Crippen molar-refractivity contribution in [1.29, 1.82) is 5.26 Å². The van der Waals surface area contributed by atoms with E-state index in [9.17, 15) is 4.79 Å². The Hall–Kier alpha value is -2.12. The summed E-state index contributed by atoms with van der Waals surface area (Å²) < 4.78 is 1.52. The first-order valence-electron chi connectivity index (χ1n) is 4.44. The lowest BCUT2D eigenvalue weighted by atomic mass is 10.2. The first-order valence-corrected chi connectivity index (χ1v) is 4.82. The van der Waals surface area contributed by atoms with Crippen LogP contribution in [0, 0.1) is 11.3 Å². The molecule has 2 aromatic rings. The minimum Gasteiger partial charge on any atom is -0.298 e. The molecule has 5 heteroatoms. The molecule has 1 aromatic carbocycles. The van der Waals surface area contributed by atoms with Crippen molar-refractivity contribution < 1.29 is 4.79 Å². The Morgan fingerprint density at radius 3 is 2.88 bits per heavy atom. The first kappa shape index (κ1) is 10.4. The van der Waals surface area contributed by atoms with Gasteiger partial charge in [0, 0.05) is 6.20 Å². The molecule has 78 valence electrons. The molecule has 4 nitrogen and oxygen atoms in total. The number of nitrogens with zero attached hydrogens (tertiary/aromatic N) is 3. The quantitative estimate of drug-likeness (QED) is 0.745. The summed E-state index contributed by atoms with van der Waals surface area (Å²) in [7, 11) is 0. The zero-order valence-electron chi connectivity index (χ0n) is 8.09. The Morgan fingerprint density at radius 2 is 2.31 bits per heavy atom. The van der Waals surface area contributed by atoms with Crippen LogP contribution in [-0.2, 0) is 0 Å². The van der Waals surface area contributed by atoms with Crippen LogP contribution < -0.4 is 0 Å². The molecule has 0 aliphatic heterocycles. The van der Waals surface area contributed by atoms with E-state index in [1.165, 1.54) is 10.9 Å². The molecule has 1 aromatic heterocycles. The van der Waals surface area contributed by atoms with Crippen LogP contribution in [0.5, 0.6) is 0 Å². The SMILES string of the molecule is N#Cc1ccc(-n2cc(C=O)cn2)cc1Cl. The molecule has 0 N–H and O–H groups in total. The Morgan fingerprint density at radius 1 is 1.50 bits per heavy atom. The number of halogens is 1. The first-order chi connectivity index (χ1) is 7.74. The highest BCUT2D eigenvalue weighted by Crippen LogP contribution is 2.19. The minimum absolute atomic E-state index is 0.364. The average molecular weight is 232 g/mol. The molecule has 0 saturated heterocycles. The van der Waals surface area contributed by atoms with Crippen LogP contribution in [0.1, 0.15) is 15.9 Å². The van der Waals surface area contributed by atoms with E-state index >= 15 is 0 Å². The van der Waals surface area contributed by atoms with E-state index in [1.54, 1.807) is 24.4 Å². The number of aromatic nitrogens is 2. The van der Waals surface area contributed by atoms with Crippen molar-refractivity contribution in [3.63, 3.8) is 0 Å². The van der Waals surface area contributed by atoms with Gasteiger partial charge in [0.25, 0.3) is 0 Å². The summed E-state index contributed by atoms with van der Waals surface area (Å²) in [5.74, 6) is 0.